The third kappa shape index (κ3) is 8.51. The van der Waals surface area contributed by atoms with E-state index in [2.05, 4.69) is 44.9 Å². The monoisotopic (exact) mass is 703 g/mol. The van der Waals surface area contributed by atoms with Crippen molar-refractivity contribution in [2.75, 3.05) is 37.0 Å². The molecule has 8 nitrogen and oxygen atoms in total. The Morgan fingerprint density at radius 1 is 0.980 bits per heavy atom. The van der Waals surface area contributed by atoms with Gasteiger partial charge < -0.3 is 28.9 Å². The SMILES string of the molecule is COc1cc2c(cc1OC(C)C)[C@H](c1ccc(Cl)cc1)N(c1ccc(N(C)CC3CCN(C(=O)OC(C)(C)C)C(C(C)(C)C)C3)cc1)C(=O)C2. The van der Waals surface area contributed by atoms with Gasteiger partial charge >= 0.3 is 6.09 Å². The standard InChI is InChI=1S/C41H54ClN3O5/c1-26(2)49-35-24-33-29(22-34(35)48-10)23-37(46)45(38(33)28-11-13-30(42)14-12-28)32-17-15-31(16-18-32)43(9)25-27-19-20-44(36(21-27)40(3,4)5)39(47)50-41(6,7)8/h11-18,22,24,26-27,36,38H,19-21,23,25H2,1-10H3/t27?,36?,38-/m0/s1. The zero-order valence-corrected chi connectivity index (χ0v) is 32.1. The molecule has 0 aromatic heterocycles. The van der Waals surface area contributed by atoms with Gasteiger partial charge in [-0.2, -0.15) is 0 Å². The number of amides is 2. The van der Waals surface area contributed by atoms with Crippen LogP contribution in [0.5, 0.6) is 11.5 Å². The highest BCUT2D eigenvalue weighted by molar-refractivity contribution is 6.30. The molecule has 2 aliphatic heterocycles. The first-order valence-electron chi connectivity index (χ1n) is 17.7. The molecule has 0 N–H and O–H groups in total. The molecule has 0 saturated carbocycles. The number of hydrogen-bond donors (Lipinski definition) is 0. The van der Waals surface area contributed by atoms with E-state index in [1.807, 2.05) is 92.9 Å². The van der Waals surface area contributed by atoms with Gasteiger partial charge in [0, 0.05) is 42.6 Å². The van der Waals surface area contributed by atoms with Gasteiger partial charge in [0.05, 0.1) is 25.7 Å². The van der Waals surface area contributed by atoms with Crippen LogP contribution in [0.15, 0.2) is 60.7 Å². The molecule has 0 aliphatic carbocycles. The van der Waals surface area contributed by atoms with Gasteiger partial charge in [0.15, 0.2) is 11.5 Å². The number of fused-ring (bicyclic) bond motifs is 1. The summed E-state index contributed by atoms with van der Waals surface area (Å²) in [6, 6.07) is 19.6. The highest BCUT2D eigenvalue weighted by atomic mass is 35.5. The third-order valence-corrected chi connectivity index (χ3v) is 9.83. The number of likely N-dealkylation sites (tertiary alicyclic amines) is 1. The Kier molecular flexibility index (Phi) is 11.0. The van der Waals surface area contributed by atoms with Crippen LogP contribution in [-0.2, 0) is 16.0 Å². The van der Waals surface area contributed by atoms with Gasteiger partial charge in [0.25, 0.3) is 0 Å². The summed E-state index contributed by atoms with van der Waals surface area (Å²) in [5, 5.41) is 0.637. The van der Waals surface area contributed by atoms with Gasteiger partial charge in [0.2, 0.25) is 5.91 Å². The van der Waals surface area contributed by atoms with Crippen LogP contribution in [0.1, 0.15) is 91.0 Å². The fourth-order valence-electron chi connectivity index (χ4n) is 7.25. The Morgan fingerprint density at radius 2 is 1.64 bits per heavy atom. The van der Waals surface area contributed by atoms with E-state index in [1.54, 1.807) is 7.11 Å². The van der Waals surface area contributed by atoms with Crippen LogP contribution in [0.3, 0.4) is 0 Å². The summed E-state index contributed by atoms with van der Waals surface area (Å²) in [7, 11) is 3.74. The number of methoxy groups -OCH3 is 1. The minimum absolute atomic E-state index is 0.00287. The molecule has 2 unspecified atom stereocenters. The van der Waals surface area contributed by atoms with Crippen LogP contribution in [0.2, 0.25) is 5.02 Å². The number of rotatable bonds is 8. The molecule has 0 bridgehead atoms. The van der Waals surface area contributed by atoms with Crippen molar-refractivity contribution in [1.82, 2.24) is 4.90 Å². The number of benzene rings is 3. The van der Waals surface area contributed by atoms with Crippen molar-refractivity contribution in [3.05, 3.63) is 82.4 Å². The zero-order valence-electron chi connectivity index (χ0n) is 31.4. The highest BCUT2D eigenvalue weighted by Crippen LogP contribution is 2.44. The van der Waals surface area contributed by atoms with Gasteiger partial charge in [-0.15, -0.1) is 0 Å². The van der Waals surface area contributed by atoms with E-state index in [-0.39, 0.29) is 42.0 Å². The van der Waals surface area contributed by atoms with E-state index in [0.29, 0.717) is 29.0 Å². The van der Waals surface area contributed by atoms with E-state index in [9.17, 15) is 9.59 Å². The van der Waals surface area contributed by atoms with Gasteiger partial charge in [-0.05, 0) is 124 Å². The van der Waals surface area contributed by atoms with E-state index in [1.165, 1.54) is 0 Å². The average molecular weight is 704 g/mol. The molecule has 0 radical (unpaired) electrons. The maximum Gasteiger partial charge on any atom is 0.410 e. The van der Waals surface area contributed by atoms with Gasteiger partial charge in [0.1, 0.15) is 5.60 Å². The summed E-state index contributed by atoms with van der Waals surface area (Å²) >= 11 is 6.30. The highest BCUT2D eigenvalue weighted by Gasteiger charge is 2.41. The topological polar surface area (TPSA) is 71.6 Å². The van der Waals surface area contributed by atoms with Crippen LogP contribution in [-0.4, -0.2) is 61.9 Å². The predicted molar refractivity (Wildman–Crippen MR) is 202 cm³/mol. The number of carbonyl (C=O) groups is 2. The fourth-order valence-corrected chi connectivity index (χ4v) is 7.38. The summed E-state index contributed by atoms with van der Waals surface area (Å²) in [6.07, 6.45) is 1.79. The molecular weight excluding hydrogens is 650 g/mol. The Hall–Kier alpha value is -3.91. The third-order valence-electron chi connectivity index (χ3n) is 9.58. The second kappa shape index (κ2) is 14.7. The first-order valence-corrected chi connectivity index (χ1v) is 18.1. The zero-order chi connectivity index (χ0) is 36.5. The van der Waals surface area contributed by atoms with Gasteiger partial charge in [-0.3, -0.25) is 4.79 Å². The number of hydrogen-bond acceptors (Lipinski definition) is 6. The van der Waals surface area contributed by atoms with E-state index < -0.39 is 5.60 Å². The summed E-state index contributed by atoms with van der Waals surface area (Å²) in [6.45, 7) is 17.9. The molecule has 2 aliphatic rings. The van der Waals surface area contributed by atoms with Crippen molar-refractivity contribution in [3.8, 4) is 11.5 Å². The maximum absolute atomic E-state index is 14.0. The summed E-state index contributed by atoms with van der Waals surface area (Å²) in [5.74, 6) is 1.68. The van der Waals surface area contributed by atoms with Crippen LogP contribution in [0.25, 0.3) is 0 Å². The van der Waals surface area contributed by atoms with Crippen LogP contribution < -0.4 is 19.3 Å². The van der Waals surface area contributed by atoms with Crippen LogP contribution >= 0.6 is 11.6 Å². The average Bonchev–Trinajstić information content (AvgIpc) is 3.03. The minimum atomic E-state index is -0.529. The Bertz CT molecular complexity index is 1660. The Morgan fingerprint density at radius 3 is 2.22 bits per heavy atom. The number of piperidine rings is 1. The van der Waals surface area contributed by atoms with Crippen molar-refractivity contribution in [2.45, 2.75) is 98.4 Å². The van der Waals surface area contributed by atoms with Crippen LogP contribution in [0, 0.1) is 11.3 Å². The lowest BCUT2D eigenvalue weighted by atomic mass is 9.77. The fraction of sp³-hybridized carbons (Fsp3) is 0.512. The van der Waals surface area contributed by atoms with Crippen LogP contribution in [0.4, 0.5) is 16.2 Å². The molecule has 3 atom stereocenters. The summed E-state index contributed by atoms with van der Waals surface area (Å²) in [4.78, 5) is 33.2. The number of anilines is 2. The molecule has 0 spiro atoms. The summed E-state index contributed by atoms with van der Waals surface area (Å²) in [5.41, 5.74) is 4.15. The first-order chi connectivity index (χ1) is 23.4. The molecule has 9 heteroatoms. The Labute approximate surface area is 303 Å². The second-order valence-electron chi connectivity index (χ2n) is 16.1. The smallest absolute Gasteiger partial charge is 0.410 e. The summed E-state index contributed by atoms with van der Waals surface area (Å²) < 4.78 is 17.6. The van der Waals surface area contributed by atoms with Crippen molar-refractivity contribution in [3.63, 3.8) is 0 Å². The Balaban J connectivity index is 1.39. The second-order valence-corrected chi connectivity index (χ2v) is 16.5. The lowest BCUT2D eigenvalue weighted by Gasteiger charge is -2.46. The normalized spacial score (nSPS) is 19.7. The lowest BCUT2D eigenvalue weighted by Crippen LogP contribution is -2.54. The minimum Gasteiger partial charge on any atom is -0.493 e. The molecule has 1 fully saturated rings. The molecule has 5 rings (SSSR count). The molecule has 270 valence electrons. The van der Waals surface area contributed by atoms with E-state index in [0.717, 1.165) is 47.5 Å². The van der Waals surface area contributed by atoms with Crippen molar-refractivity contribution >= 4 is 35.0 Å². The van der Waals surface area contributed by atoms with Gasteiger partial charge in [-0.25, -0.2) is 4.79 Å². The quantitative estimate of drug-likeness (QED) is 0.233. The molecule has 2 amide bonds. The number of carbonyl (C=O) groups excluding carboxylic acids is 2. The molecule has 3 aromatic carbocycles. The van der Waals surface area contributed by atoms with Crippen molar-refractivity contribution in [2.24, 2.45) is 11.3 Å². The largest absolute Gasteiger partial charge is 0.493 e. The first kappa shape index (κ1) is 37.3. The predicted octanol–water partition coefficient (Wildman–Crippen LogP) is 9.31. The number of halogens is 1. The number of ether oxygens (including phenoxy) is 3. The maximum atomic E-state index is 14.0. The van der Waals surface area contributed by atoms with Crippen molar-refractivity contribution in [1.29, 1.82) is 0 Å². The lowest BCUT2D eigenvalue weighted by molar-refractivity contribution is -0.118. The van der Waals surface area contributed by atoms with E-state index >= 15 is 0 Å². The molecule has 2 heterocycles. The molecule has 1 saturated heterocycles. The molecular formula is C41H54ClN3O5. The molecule has 50 heavy (non-hydrogen) atoms. The number of nitrogens with zero attached hydrogens (tertiary/aromatic N) is 3. The molecule has 3 aromatic rings. The van der Waals surface area contributed by atoms with E-state index in [4.69, 9.17) is 25.8 Å². The van der Waals surface area contributed by atoms with Crippen molar-refractivity contribution < 1.29 is 23.8 Å². The van der Waals surface area contributed by atoms with Gasteiger partial charge in [-0.1, -0.05) is 44.5 Å².